The van der Waals surface area contributed by atoms with Crippen LogP contribution in [0.4, 0.5) is 0 Å². The lowest BCUT2D eigenvalue weighted by molar-refractivity contribution is -0.152. The predicted molar refractivity (Wildman–Crippen MR) is 140 cm³/mol. The maximum atomic E-state index is 12.9. The number of nitrogens with zero attached hydrogens (tertiary/aromatic N) is 1. The van der Waals surface area contributed by atoms with Gasteiger partial charge in [0.05, 0.1) is 12.4 Å². The average molecular weight is 556 g/mol. The number of hydrogen-bond donors (Lipinski definition) is 1. The second kappa shape index (κ2) is 11.4. The van der Waals surface area contributed by atoms with E-state index in [4.69, 9.17) is 21.1 Å². The third-order valence-corrected chi connectivity index (χ3v) is 6.40. The fraction of sp³-hybridized carbons (Fsp3) is 0.185. The second-order valence-corrected chi connectivity index (χ2v) is 8.96. The Labute approximate surface area is 216 Å². The molecule has 0 aliphatic carbocycles. The molecule has 0 fully saturated rings. The minimum absolute atomic E-state index is 0.0876. The van der Waals surface area contributed by atoms with E-state index in [0.717, 1.165) is 22.0 Å². The molecule has 8 heteroatoms. The zero-order valence-electron chi connectivity index (χ0n) is 19.0. The summed E-state index contributed by atoms with van der Waals surface area (Å²) < 4.78 is 10.9. The quantitative estimate of drug-likeness (QED) is 0.199. The van der Waals surface area contributed by atoms with E-state index in [2.05, 4.69) is 20.9 Å². The van der Waals surface area contributed by atoms with Crippen molar-refractivity contribution in [2.75, 3.05) is 12.4 Å². The number of methoxy groups -OCH3 is 1. The van der Waals surface area contributed by atoms with Gasteiger partial charge in [-0.05, 0) is 47.5 Å². The van der Waals surface area contributed by atoms with Gasteiger partial charge in [-0.3, -0.25) is 4.79 Å². The highest BCUT2D eigenvalue weighted by atomic mass is 79.9. The van der Waals surface area contributed by atoms with Crippen LogP contribution in [0.15, 0.2) is 79.0 Å². The number of amides is 1. The molecule has 0 unspecified atom stereocenters. The smallest absolute Gasteiger partial charge is 0.328 e. The first kappa shape index (κ1) is 24.8. The first-order chi connectivity index (χ1) is 17.0. The van der Waals surface area contributed by atoms with Crippen molar-refractivity contribution in [3.05, 3.63) is 95.1 Å². The number of fused-ring (bicyclic) bond motifs is 1. The normalized spacial score (nSPS) is 11.7. The lowest BCUT2D eigenvalue weighted by atomic mass is 10.0. The molecule has 6 nitrogen and oxygen atoms in total. The summed E-state index contributed by atoms with van der Waals surface area (Å²) in [5.74, 6) is 0.591. The number of carbonyl (C=O) groups is 2. The number of benzene rings is 3. The Bertz CT molecular complexity index is 1320. The first-order valence-electron chi connectivity index (χ1n) is 11.0. The lowest BCUT2D eigenvalue weighted by Crippen LogP contribution is -2.47. The first-order valence-corrected chi connectivity index (χ1v) is 12.5. The summed E-state index contributed by atoms with van der Waals surface area (Å²) in [6, 6.07) is 21.6. The van der Waals surface area contributed by atoms with E-state index in [1.807, 2.05) is 66.9 Å². The zero-order valence-corrected chi connectivity index (χ0v) is 21.4. The maximum Gasteiger partial charge on any atom is 0.328 e. The molecule has 1 N–H and O–H groups in total. The van der Waals surface area contributed by atoms with Crippen LogP contribution >= 0.6 is 27.5 Å². The van der Waals surface area contributed by atoms with E-state index in [1.54, 1.807) is 17.0 Å². The fourth-order valence-electron chi connectivity index (χ4n) is 3.94. The topological polar surface area (TPSA) is 71.6 Å². The number of hydrogen-bond acceptors (Lipinski definition) is 4. The molecule has 0 aliphatic rings. The van der Waals surface area contributed by atoms with Crippen molar-refractivity contribution in [3.63, 3.8) is 0 Å². The van der Waals surface area contributed by atoms with Gasteiger partial charge in [-0.15, -0.1) is 0 Å². The molecule has 35 heavy (non-hydrogen) atoms. The molecule has 4 aromatic rings. The fourth-order valence-corrected chi connectivity index (χ4v) is 4.44. The van der Waals surface area contributed by atoms with Crippen molar-refractivity contribution in [1.82, 2.24) is 9.88 Å². The Balaban J connectivity index is 1.56. The van der Waals surface area contributed by atoms with E-state index >= 15 is 0 Å². The molecule has 3 aromatic carbocycles. The van der Waals surface area contributed by atoms with Gasteiger partial charge in [-0.1, -0.05) is 63.9 Å². The summed E-state index contributed by atoms with van der Waals surface area (Å²) in [4.78, 5) is 30.6. The molecule has 0 spiro atoms. The number of rotatable bonds is 9. The summed E-state index contributed by atoms with van der Waals surface area (Å²) in [5.41, 5.74) is 2.76. The predicted octanol–water partition coefficient (Wildman–Crippen LogP) is 6.12. The Kier molecular flexibility index (Phi) is 8.10. The number of para-hydroxylation sites is 1. The molecule has 1 atom stereocenters. The highest BCUT2D eigenvalue weighted by Gasteiger charge is 2.31. The Hall–Kier alpha value is -3.29. The van der Waals surface area contributed by atoms with Gasteiger partial charge < -0.3 is 19.4 Å². The van der Waals surface area contributed by atoms with E-state index in [0.29, 0.717) is 22.9 Å². The minimum Gasteiger partial charge on any atom is -0.467 e. The molecule has 4 rings (SSSR count). The Morgan fingerprint density at radius 3 is 2.51 bits per heavy atom. The van der Waals surface area contributed by atoms with Gasteiger partial charge >= 0.3 is 5.97 Å². The monoisotopic (exact) mass is 554 g/mol. The van der Waals surface area contributed by atoms with Crippen LogP contribution in [0.25, 0.3) is 10.9 Å². The van der Waals surface area contributed by atoms with Gasteiger partial charge in [-0.25, -0.2) is 4.79 Å². The summed E-state index contributed by atoms with van der Waals surface area (Å²) in [7, 11) is 1.34. The molecular formula is C27H24BrClN2O4. The molecule has 0 bridgehead atoms. The van der Waals surface area contributed by atoms with Gasteiger partial charge in [0.25, 0.3) is 0 Å². The van der Waals surface area contributed by atoms with Gasteiger partial charge in [0.1, 0.15) is 17.5 Å². The number of nitrogens with one attached hydrogen (secondary N) is 1. The van der Waals surface area contributed by atoms with Crippen molar-refractivity contribution in [2.24, 2.45) is 0 Å². The van der Waals surface area contributed by atoms with E-state index in [1.165, 1.54) is 7.11 Å². The number of halogens is 2. The number of esters is 1. The molecular weight excluding hydrogens is 532 g/mol. The van der Waals surface area contributed by atoms with Crippen LogP contribution in [0.2, 0.25) is 5.02 Å². The van der Waals surface area contributed by atoms with Crippen LogP contribution in [0, 0.1) is 0 Å². The van der Waals surface area contributed by atoms with Gasteiger partial charge in [-0.2, -0.15) is 0 Å². The van der Waals surface area contributed by atoms with Crippen LogP contribution in [0.1, 0.15) is 11.1 Å². The Morgan fingerprint density at radius 2 is 1.80 bits per heavy atom. The van der Waals surface area contributed by atoms with E-state index in [-0.39, 0.29) is 17.8 Å². The van der Waals surface area contributed by atoms with E-state index < -0.39 is 12.0 Å². The van der Waals surface area contributed by atoms with Crippen LogP contribution in [-0.2, 0) is 27.3 Å². The minimum atomic E-state index is -0.786. The van der Waals surface area contributed by atoms with Crippen molar-refractivity contribution in [3.8, 4) is 11.5 Å². The number of aromatic nitrogens is 1. The Morgan fingerprint density at radius 1 is 1.03 bits per heavy atom. The van der Waals surface area contributed by atoms with Crippen LogP contribution in [0.5, 0.6) is 11.5 Å². The number of carbonyl (C=O) groups excluding carboxylic acids is 2. The standard InChI is InChI=1S/C27H24BrClN2O4/c1-34-27(33)25(13-19-16-30-24-8-3-2-7-23(19)24)31(26(32)15-28)17-18-9-11-21(12-10-18)35-22-6-4-5-20(29)14-22/h2-12,14,16,25,30H,13,15,17H2,1H3/t25-/m0/s1. The van der Waals surface area contributed by atoms with Gasteiger partial charge in [0, 0.05) is 35.1 Å². The number of aromatic amines is 1. The maximum absolute atomic E-state index is 12.9. The molecule has 0 radical (unpaired) electrons. The largest absolute Gasteiger partial charge is 0.467 e. The third kappa shape index (κ3) is 6.05. The summed E-state index contributed by atoms with van der Waals surface area (Å²) in [6.07, 6.45) is 2.20. The lowest BCUT2D eigenvalue weighted by Gasteiger charge is -2.30. The number of ether oxygens (including phenoxy) is 2. The molecule has 1 aromatic heterocycles. The van der Waals surface area contributed by atoms with Gasteiger partial charge in [0.15, 0.2) is 0 Å². The van der Waals surface area contributed by atoms with Gasteiger partial charge in [0.2, 0.25) is 5.91 Å². The SMILES string of the molecule is COC(=O)[C@H](Cc1c[nH]c2ccccc12)N(Cc1ccc(Oc2cccc(Cl)c2)cc1)C(=O)CBr. The molecule has 1 amide bonds. The zero-order chi connectivity index (χ0) is 24.8. The van der Waals surface area contributed by atoms with Crippen molar-refractivity contribution in [2.45, 2.75) is 19.0 Å². The summed E-state index contributed by atoms with van der Waals surface area (Å²) in [5, 5.41) is 1.69. The highest BCUT2D eigenvalue weighted by Crippen LogP contribution is 2.26. The summed E-state index contributed by atoms with van der Waals surface area (Å²) in [6.45, 7) is 0.240. The van der Waals surface area contributed by atoms with Crippen molar-refractivity contribution in [1.29, 1.82) is 0 Å². The molecule has 1 heterocycles. The second-order valence-electron chi connectivity index (χ2n) is 7.96. The molecule has 180 valence electrons. The number of H-pyrrole nitrogens is 1. The van der Waals surface area contributed by atoms with Crippen LogP contribution in [-0.4, -0.2) is 40.2 Å². The molecule has 0 saturated heterocycles. The summed E-state index contributed by atoms with van der Waals surface area (Å²) >= 11 is 9.29. The van der Waals surface area contributed by atoms with Crippen molar-refractivity contribution < 1.29 is 19.1 Å². The highest BCUT2D eigenvalue weighted by molar-refractivity contribution is 9.09. The number of alkyl halides is 1. The third-order valence-electron chi connectivity index (χ3n) is 5.68. The van der Waals surface area contributed by atoms with Crippen LogP contribution < -0.4 is 4.74 Å². The van der Waals surface area contributed by atoms with E-state index in [9.17, 15) is 9.59 Å². The van der Waals surface area contributed by atoms with Crippen LogP contribution in [0.3, 0.4) is 0 Å². The molecule has 0 saturated carbocycles. The molecule has 0 aliphatic heterocycles. The van der Waals surface area contributed by atoms with Crippen molar-refractivity contribution >= 4 is 50.3 Å². The average Bonchev–Trinajstić information content (AvgIpc) is 3.29.